The second-order valence-corrected chi connectivity index (χ2v) is 3.16. The molecule has 0 aromatic carbocycles. The Bertz CT molecular complexity index is 304. The van der Waals surface area contributed by atoms with Gasteiger partial charge in [-0.25, -0.2) is 9.37 Å². The number of ether oxygens (including phenoxy) is 1. The predicted octanol–water partition coefficient (Wildman–Crippen LogP) is 1.86. The Morgan fingerprint density at radius 3 is 2.93 bits per heavy atom. The van der Waals surface area contributed by atoms with E-state index in [-0.39, 0.29) is 18.5 Å². The molecule has 2 N–H and O–H groups in total. The largest absolute Gasteiger partial charge is 0.474 e. The van der Waals surface area contributed by atoms with Crippen molar-refractivity contribution in [3.63, 3.8) is 0 Å². The fraction of sp³-hybridized carbons (Fsp3) is 0.500. The highest BCUT2D eigenvalue weighted by Crippen LogP contribution is 2.17. The minimum Gasteiger partial charge on any atom is -0.474 e. The molecule has 0 radical (unpaired) electrons. The Morgan fingerprint density at radius 1 is 1.64 bits per heavy atom. The molecule has 0 aliphatic rings. The molecule has 4 heteroatoms. The molecule has 0 aliphatic carbocycles. The fourth-order valence-electron chi connectivity index (χ4n) is 0.995. The lowest BCUT2D eigenvalue weighted by molar-refractivity contribution is 0.206. The van der Waals surface area contributed by atoms with Crippen LogP contribution in [0.5, 0.6) is 5.88 Å². The van der Waals surface area contributed by atoms with E-state index in [4.69, 9.17) is 10.5 Å². The first kappa shape index (κ1) is 10.9. The highest BCUT2D eigenvalue weighted by atomic mass is 19.1. The lowest BCUT2D eigenvalue weighted by Gasteiger charge is -2.13. The molecule has 1 aromatic rings. The zero-order valence-corrected chi connectivity index (χ0v) is 8.46. The van der Waals surface area contributed by atoms with Crippen LogP contribution in [0.1, 0.15) is 25.8 Å². The molecule has 0 saturated carbocycles. The number of hydrogen-bond donors (Lipinski definition) is 1. The van der Waals surface area contributed by atoms with Gasteiger partial charge in [-0.2, -0.15) is 0 Å². The molecule has 3 nitrogen and oxygen atoms in total. The Hall–Kier alpha value is -1.16. The lowest BCUT2D eigenvalue weighted by atomic mass is 10.2. The molecule has 0 spiro atoms. The first-order valence-corrected chi connectivity index (χ1v) is 4.68. The van der Waals surface area contributed by atoms with Gasteiger partial charge in [-0.1, -0.05) is 6.92 Å². The summed E-state index contributed by atoms with van der Waals surface area (Å²) in [4.78, 5) is 3.86. The normalized spacial score (nSPS) is 12.6. The van der Waals surface area contributed by atoms with Crippen LogP contribution in [-0.2, 0) is 6.54 Å². The Kier molecular flexibility index (Phi) is 3.83. The molecule has 1 unspecified atom stereocenters. The topological polar surface area (TPSA) is 48.1 Å². The van der Waals surface area contributed by atoms with Gasteiger partial charge >= 0.3 is 0 Å². The first-order chi connectivity index (χ1) is 6.67. The summed E-state index contributed by atoms with van der Waals surface area (Å²) < 4.78 is 18.3. The van der Waals surface area contributed by atoms with Crippen LogP contribution in [0.3, 0.4) is 0 Å². The Labute approximate surface area is 83.1 Å². The number of halogens is 1. The van der Waals surface area contributed by atoms with E-state index >= 15 is 0 Å². The minimum absolute atomic E-state index is 0.0678. The molecule has 0 fully saturated rings. The van der Waals surface area contributed by atoms with Crippen LogP contribution in [0.4, 0.5) is 4.39 Å². The minimum atomic E-state index is -0.387. The third kappa shape index (κ3) is 2.67. The molecule has 1 rings (SSSR count). The van der Waals surface area contributed by atoms with E-state index in [0.717, 1.165) is 12.6 Å². The van der Waals surface area contributed by atoms with Crippen LogP contribution in [0.25, 0.3) is 0 Å². The van der Waals surface area contributed by atoms with E-state index in [1.807, 2.05) is 13.8 Å². The van der Waals surface area contributed by atoms with E-state index in [9.17, 15) is 4.39 Å². The summed E-state index contributed by atoms with van der Waals surface area (Å²) in [5, 5.41) is 0. The van der Waals surface area contributed by atoms with Crippen LogP contribution >= 0.6 is 0 Å². The van der Waals surface area contributed by atoms with Gasteiger partial charge in [-0.05, 0) is 19.4 Å². The second kappa shape index (κ2) is 4.91. The van der Waals surface area contributed by atoms with E-state index in [0.29, 0.717) is 11.4 Å². The van der Waals surface area contributed by atoms with Crippen LogP contribution in [-0.4, -0.2) is 11.1 Å². The van der Waals surface area contributed by atoms with Crippen LogP contribution in [0.15, 0.2) is 12.3 Å². The van der Waals surface area contributed by atoms with E-state index in [1.165, 1.54) is 6.07 Å². The third-order valence-corrected chi connectivity index (χ3v) is 2.00. The van der Waals surface area contributed by atoms with Crippen molar-refractivity contribution in [3.05, 3.63) is 23.6 Å². The van der Waals surface area contributed by atoms with Crippen molar-refractivity contribution >= 4 is 0 Å². The predicted molar refractivity (Wildman–Crippen MR) is 52.5 cm³/mol. The maximum atomic E-state index is 12.8. The lowest BCUT2D eigenvalue weighted by Crippen LogP contribution is -2.13. The van der Waals surface area contributed by atoms with Crippen LogP contribution in [0, 0.1) is 5.82 Å². The van der Waals surface area contributed by atoms with Gasteiger partial charge in [-0.3, -0.25) is 0 Å². The van der Waals surface area contributed by atoms with Crippen molar-refractivity contribution in [2.24, 2.45) is 5.73 Å². The summed E-state index contributed by atoms with van der Waals surface area (Å²) in [5.74, 6) is 0.0465. The Morgan fingerprint density at radius 2 is 2.36 bits per heavy atom. The van der Waals surface area contributed by atoms with Crippen LogP contribution in [0.2, 0.25) is 0 Å². The van der Waals surface area contributed by atoms with Crippen molar-refractivity contribution in [2.75, 3.05) is 0 Å². The molecule has 0 bridgehead atoms. The molecule has 1 aromatic heterocycles. The molecular weight excluding hydrogens is 183 g/mol. The maximum Gasteiger partial charge on any atom is 0.218 e. The monoisotopic (exact) mass is 198 g/mol. The molecule has 0 saturated heterocycles. The number of rotatable bonds is 4. The number of nitrogens with two attached hydrogens (primary N) is 1. The summed E-state index contributed by atoms with van der Waals surface area (Å²) in [6.07, 6.45) is 2.08. The summed E-state index contributed by atoms with van der Waals surface area (Å²) in [6, 6.07) is 1.35. The standard InChI is InChI=1S/C10H15FN2O/c1-3-7(2)14-10-8(5-12)4-9(11)6-13-10/h4,6-7H,3,5,12H2,1-2H3. The van der Waals surface area contributed by atoms with Gasteiger partial charge in [0.2, 0.25) is 5.88 Å². The summed E-state index contributed by atoms with van der Waals surface area (Å²) in [6.45, 7) is 4.18. The van der Waals surface area contributed by atoms with Crippen molar-refractivity contribution in [3.8, 4) is 5.88 Å². The number of pyridine rings is 1. The van der Waals surface area contributed by atoms with Crippen molar-refractivity contribution in [1.82, 2.24) is 4.98 Å². The fourth-order valence-corrected chi connectivity index (χ4v) is 0.995. The van der Waals surface area contributed by atoms with E-state index in [2.05, 4.69) is 4.98 Å². The zero-order valence-electron chi connectivity index (χ0n) is 8.46. The number of hydrogen-bond acceptors (Lipinski definition) is 3. The molecule has 78 valence electrons. The van der Waals surface area contributed by atoms with Crippen molar-refractivity contribution in [2.45, 2.75) is 32.9 Å². The molecule has 1 atom stereocenters. The van der Waals surface area contributed by atoms with E-state index in [1.54, 1.807) is 0 Å². The summed E-state index contributed by atoms with van der Waals surface area (Å²) in [7, 11) is 0. The van der Waals surface area contributed by atoms with Gasteiger partial charge < -0.3 is 10.5 Å². The van der Waals surface area contributed by atoms with Gasteiger partial charge in [0.15, 0.2) is 0 Å². The van der Waals surface area contributed by atoms with Crippen molar-refractivity contribution in [1.29, 1.82) is 0 Å². The third-order valence-electron chi connectivity index (χ3n) is 2.00. The molecule has 0 amide bonds. The molecule has 14 heavy (non-hydrogen) atoms. The van der Waals surface area contributed by atoms with Crippen LogP contribution < -0.4 is 10.5 Å². The quantitative estimate of drug-likeness (QED) is 0.803. The first-order valence-electron chi connectivity index (χ1n) is 4.68. The van der Waals surface area contributed by atoms with Gasteiger partial charge in [-0.15, -0.1) is 0 Å². The second-order valence-electron chi connectivity index (χ2n) is 3.16. The zero-order chi connectivity index (χ0) is 10.6. The van der Waals surface area contributed by atoms with Gasteiger partial charge in [0, 0.05) is 12.1 Å². The number of nitrogens with zero attached hydrogens (tertiary/aromatic N) is 1. The Balaban J connectivity index is 2.85. The van der Waals surface area contributed by atoms with Gasteiger partial charge in [0.05, 0.1) is 12.3 Å². The molecule has 0 aliphatic heterocycles. The summed E-state index contributed by atoms with van der Waals surface area (Å²) in [5.41, 5.74) is 6.05. The van der Waals surface area contributed by atoms with Gasteiger partial charge in [0.1, 0.15) is 5.82 Å². The average molecular weight is 198 g/mol. The highest BCUT2D eigenvalue weighted by Gasteiger charge is 2.08. The average Bonchev–Trinajstić information content (AvgIpc) is 2.20. The SMILES string of the molecule is CCC(C)Oc1ncc(F)cc1CN. The maximum absolute atomic E-state index is 12.8. The van der Waals surface area contributed by atoms with Crippen molar-refractivity contribution < 1.29 is 9.13 Å². The number of aromatic nitrogens is 1. The van der Waals surface area contributed by atoms with E-state index < -0.39 is 0 Å². The summed E-state index contributed by atoms with van der Waals surface area (Å²) >= 11 is 0. The highest BCUT2D eigenvalue weighted by molar-refractivity contribution is 5.25. The molecular formula is C10H15FN2O. The smallest absolute Gasteiger partial charge is 0.218 e. The van der Waals surface area contributed by atoms with Gasteiger partial charge in [0.25, 0.3) is 0 Å². The molecule has 1 heterocycles.